The molecule has 7 heteroatoms. The molecule has 178 valence electrons. The average Bonchev–Trinajstić information content (AvgIpc) is 3.16. The standard InChI is InChI=1S/C26H35NO5Si/c1-25(2,3)31-24(30)27-18-19(17-22(27)23(28)29)32-33(26(4,5)6,20-13-9-7-10-14-20)21-15-11-8-12-16-21/h7-16,19,22H,17-18H2,1-6H3,(H,28,29)/t19-,22+/m0/s1. The lowest BCUT2D eigenvalue weighted by Crippen LogP contribution is -2.67. The highest BCUT2D eigenvalue weighted by atomic mass is 28.4. The van der Waals surface area contributed by atoms with Crippen LogP contribution >= 0.6 is 0 Å². The first-order valence-corrected chi connectivity index (χ1v) is 13.3. The van der Waals surface area contributed by atoms with Crippen molar-refractivity contribution in [1.29, 1.82) is 0 Å². The number of hydrogen-bond acceptors (Lipinski definition) is 4. The molecule has 1 aliphatic rings. The molecule has 1 heterocycles. The molecular weight excluding hydrogens is 434 g/mol. The van der Waals surface area contributed by atoms with Gasteiger partial charge in [-0.15, -0.1) is 0 Å². The Bertz CT molecular complexity index is 926. The minimum atomic E-state index is -2.86. The second-order valence-electron chi connectivity index (χ2n) is 10.6. The normalized spacial score (nSPS) is 19.4. The van der Waals surface area contributed by atoms with Gasteiger partial charge in [0.25, 0.3) is 8.32 Å². The molecular formula is C26H35NO5Si. The summed E-state index contributed by atoms with van der Waals surface area (Å²) < 4.78 is 12.5. The van der Waals surface area contributed by atoms with Crippen LogP contribution in [0.15, 0.2) is 60.7 Å². The Balaban J connectivity index is 2.03. The third-order valence-corrected chi connectivity index (χ3v) is 11.0. The Morgan fingerprint density at radius 3 is 1.79 bits per heavy atom. The fraction of sp³-hybridized carbons (Fsp3) is 0.462. The highest BCUT2D eigenvalue weighted by molar-refractivity contribution is 6.99. The van der Waals surface area contributed by atoms with Crippen LogP contribution in [0.5, 0.6) is 0 Å². The summed E-state index contributed by atoms with van der Waals surface area (Å²) in [4.78, 5) is 26.2. The predicted molar refractivity (Wildman–Crippen MR) is 131 cm³/mol. The molecule has 1 aliphatic heterocycles. The number of carbonyl (C=O) groups excluding carboxylic acids is 1. The van der Waals surface area contributed by atoms with Crippen molar-refractivity contribution in [1.82, 2.24) is 4.90 Å². The molecule has 0 aliphatic carbocycles. The van der Waals surface area contributed by atoms with Gasteiger partial charge in [-0.05, 0) is 36.2 Å². The maximum absolute atomic E-state index is 12.8. The third-order valence-electron chi connectivity index (χ3n) is 5.94. The number of carbonyl (C=O) groups is 2. The Hall–Kier alpha value is -2.64. The van der Waals surface area contributed by atoms with E-state index in [1.165, 1.54) is 4.90 Å². The van der Waals surface area contributed by atoms with Gasteiger partial charge >= 0.3 is 12.1 Å². The van der Waals surface area contributed by atoms with Gasteiger partial charge in [-0.3, -0.25) is 4.90 Å². The summed E-state index contributed by atoms with van der Waals surface area (Å²) >= 11 is 0. The van der Waals surface area contributed by atoms with E-state index in [0.29, 0.717) is 0 Å². The molecule has 1 amide bonds. The van der Waals surface area contributed by atoms with Gasteiger partial charge < -0.3 is 14.3 Å². The van der Waals surface area contributed by atoms with Gasteiger partial charge in [0.15, 0.2) is 0 Å². The molecule has 2 aromatic carbocycles. The van der Waals surface area contributed by atoms with Crippen molar-refractivity contribution >= 4 is 30.8 Å². The van der Waals surface area contributed by atoms with E-state index in [1.807, 2.05) is 36.4 Å². The summed E-state index contributed by atoms with van der Waals surface area (Å²) in [5.41, 5.74) is -0.711. The summed E-state index contributed by atoms with van der Waals surface area (Å²) in [5.74, 6) is -1.05. The van der Waals surface area contributed by atoms with Crippen LogP contribution in [-0.2, 0) is 14.0 Å². The number of likely N-dealkylation sites (tertiary alicyclic amines) is 1. The predicted octanol–water partition coefficient (Wildman–Crippen LogP) is 4.03. The van der Waals surface area contributed by atoms with Gasteiger partial charge in [0.2, 0.25) is 0 Å². The van der Waals surface area contributed by atoms with Crippen LogP contribution < -0.4 is 10.4 Å². The summed E-state index contributed by atoms with van der Waals surface area (Å²) in [6.07, 6.45) is -0.827. The minimum absolute atomic E-state index is 0.177. The van der Waals surface area contributed by atoms with Crippen molar-refractivity contribution in [3.63, 3.8) is 0 Å². The van der Waals surface area contributed by atoms with Gasteiger partial charge in [-0.2, -0.15) is 0 Å². The van der Waals surface area contributed by atoms with Crippen LogP contribution in [0, 0.1) is 0 Å². The topological polar surface area (TPSA) is 76.1 Å². The van der Waals surface area contributed by atoms with Gasteiger partial charge in [0.1, 0.15) is 11.6 Å². The van der Waals surface area contributed by atoms with Crippen LogP contribution in [0.2, 0.25) is 5.04 Å². The lowest BCUT2D eigenvalue weighted by Gasteiger charge is -2.44. The van der Waals surface area contributed by atoms with Crippen molar-refractivity contribution < 1.29 is 23.9 Å². The van der Waals surface area contributed by atoms with E-state index in [0.717, 1.165) is 10.4 Å². The molecule has 6 nitrogen and oxygen atoms in total. The highest BCUT2D eigenvalue weighted by Crippen LogP contribution is 2.39. The number of hydrogen-bond donors (Lipinski definition) is 1. The molecule has 0 bridgehead atoms. The van der Waals surface area contributed by atoms with Gasteiger partial charge in [0, 0.05) is 13.0 Å². The number of rotatable bonds is 5. The number of ether oxygens (including phenoxy) is 1. The lowest BCUT2D eigenvalue weighted by atomic mass is 10.2. The Labute approximate surface area is 197 Å². The largest absolute Gasteiger partial charge is 0.480 e. The number of carboxylic acids is 1. The first-order valence-electron chi connectivity index (χ1n) is 11.4. The van der Waals surface area contributed by atoms with E-state index < -0.39 is 38.1 Å². The molecule has 1 fully saturated rings. The van der Waals surface area contributed by atoms with Crippen molar-refractivity contribution in [2.75, 3.05) is 6.54 Å². The molecule has 2 atom stereocenters. The number of nitrogens with zero attached hydrogens (tertiary/aromatic N) is 1. The minimum Gasteiger partial charge on any atom is -0.480 e. The Morgan fingerprint density at radius 2 is 1.39 bits per heavy atom. The molecule has 2 aromatic rings. The third kappa shape index (κ3) is 5.30. The monoisotopic (exact) mass is 469 g/mol. The number of amides is 1. The Morgan fingerprint density at radius 1 is 0.909 bits per heavy atom. The van der Waals surface area contributed by atoms with Gasteiger partial charge in [0.05, 0.1) is 6.10 Å². The fourth-order valence-corrected chi connectivity index (χ4v) is 9.27. The maximum Gasteiger partial charge on any atom is 0.411 e. The van der Waals surface area contributed by atoms with Crippen molar-refractivity contribution in [2.45, 2.75) is 70.7 Å². The van der Waals surface area contributed by atoms with Crippen LogP contribution in [0.4, 0.5) is 4.79 Å². The number of carboxylic acid groups (broad SMARTS) is 1. The fourth-order valence-electron chi connectivity index (χ4n) is 4.58. The van der Waals surface area contributed by atoms with E-state index in [4.69, 9.17) is 9.16 Å². The zero-order chi connectivity index (χ0) is 24.4. The van der Waals surface area contributed by atoms with Crippen molar-refractivity contribution in [2.24, 2.45) is 0 Å². The smallest absolute Gasteiger partial charge is 0.411 e. The molecule has 33 heavy (non-hydrogen) atoms. The zero-order valence-electron chi connectivity index (χ0n) is 20.4. The van der Waals surface area contributed by atoms with Crippen molar-refractivity contribution in [3.05, 3.63) is 60.7 Å². The second kappa shape index (κ2) is 9.31. The van der Waals surface area contributed by atoms with E-state index in [1.54, 1.807) is 20.8 Å². The molecule has 0 radical (unpaired) electrons. The van der Waals surface area contributed by atoms with Crippen LogP contribution in [0.3, 0.4) is 0 Å². The molecule has 1 saturated heterocycles. The van der Waals surface area contributed by atoms with Crippen LogP contribution in [-0.4, -0.2) is 54.7 Å². The summed E-state index contributed by atoms with van der Waals surface area (Å²) in [7, 11) is -2.86. The first-order chi connectivity index (χ1) is 15.3. The van der Waals surface area contributed by atoms with Gasteiger partial charge in [-0.1, -0.05) is 81.4 Å². The van der Waals surface area contributed by atoms with E-state index in [2.05, 4.69) is 45.0 Å². The Kier molecular flexibility index (Phi) is 7.05. The molecule has 3 rings (SSSR count). The molecule has 0 aromatic heterocycles. The maximum atomic E-state index is 12.8. The molecule has 0 spiro atoms. The van der Waals surface area contributed by atoms with Crippen LogP contribution in [0.25, 0.3) is 0 Å². The van der Waals surface area contributed by atoms with E-state index in [9.17, 15) is 14.7 Å². The van der Waals surface area contributed by atoms with Gasteiger partial charge in [-0.25, -0.2) is 9.59 Å². The number of benzene rings is 2. The molecule has 1 N–H and O–H groups in total. The molecule has 0 saturated carbocycles. The quantitative estimate of drug-likeness (QED) is 0.669. The average molecular weight is 470 g/mol. The summed E-state index contributed by atoms with van der Waals surface area (Å²) in [6.45, 7) is 12.0. The summed E-state index contributed by atoms with van der Waals surface area (Å²) in [6, 6.07) is 19.4. The highest BCUT2D eigenvalue weighted by Gasteiger charge is 2.53. The van der Waals surface area contributed by atoms with E-state index in [-0.39, 0.29) is 18.0 Å². The zero-order valence-corrected chi connectivity index (χ0v) is 21.4. The van der Waals surface area contributed by atoms with Crippen molar-refractivity contribution in [3.8, 4) is 0 Å². The second-order valence-corrected chi connectivity index (χ2v) is 14.9. The number of aliphatic carboxylic acids is 1. The van der Waals surface area contributed by atoms with E-state index >= 15 is 0 Å². The SMILES string of the molecule is CC(C)(C)OC(=O)N1C[C@@H](O[Si](c2ccccc2)(c2ccccc2)C(C)(C)C)C[C@@H]1C(=O)O. The first kappa shape index (κ1) is 25.0. The van der Waals surface area contributed by atoms with Crippen LogP contribution in [0.1, 0.15) is 48.0 Å². The molecule has 0 unspecified atom stereocenters. The lowest BCUT2D eigenvalue weighted by molar-refractivity contribution is -0.142. The summed E-state index contributed by atoms with van der Waals surface area (Å²) in [5, 5.41) is 11.8.